The van der Waals surface area contributed by atoms with E-state index in [0.717, 1.165) is 12.1 Å². The van der Waals surface area contributed by atoms with Crippen LogP contribution in [0.15, 0.2) is 82.9 Å². The minimum absolute atomic E-state index is 0.0212. The predicted molar refractivity (Wildman–Crippen MR) is 151 cm³/mol. The molecular formula is C29H26F7N5O2. The van der Waals surface area contributed by atoms with Crippen LogP contribution in [0.5, 0.6) is 5.75 Å². The molecule has 3 aromatic rings. The topological polar surface area (TPSA) is 87.1 Å². The van der Waals surface area contributed by atoms with E-state index in [1.54, 1.807) is 24.3 Å². The number of nitrogens with zero attached hydrogens (tertiary/aromatic N) is 2. The highest BCUT2D eigenvalue weighted by Crippen LogP contribution is 2.38. The molecule has 7 nitrogen and oxygen atoms in total. The van der Waals surface area contributed by atoms with Crippen molar-refractivity contribution >= 4 is 30.0 Å². The lowest BCUT2D eigenvalue weighted by molar-refractivity contribution is -0.139. The van der Waals surface area contributed by atoms with Gasteiger partial charge < -0.3 is 15.4 Å². The Morgan fingerprint density at radius 1 is 0.977 bits per heavy atom. The van der Waals surface area contributed by atoms with Crippen LogP contribution in [0.3, 0.4) is 0 Å². The Bertz CT molecular complexity index is 1500. The number of amidine groups is 1. The number of aliphatic imine (C=N–C) groups is 1. The van der Waals surface area contributed by atoms with Crippen molar-refractivity contribution in [3.8, 4) is 16.9 Å². The van der Waals surface area contributed by atoms with Gasteiger partial charge in [0.2, 0.25) is 0 Å². The van der Waals surface area contributed by atoms with Crippen molar-refractivity contribution in [2.24, 2.45) is 10.1 Å². The Hall–Kier alpha value is -4.88. The molecule has 0 aliphatic rings. The van der Waals surface area contributed by atoms with Gasteiger partial charge >= 0.3 is 18.4 Å². The number of alkyl halides is 6. The molecule has 0 unspecified atom stereocenters. The number of anilines is 2. The van der Waals surface area contributed by atoms with Gasteiger partial charge in [0, 0.05) is 31.0 Å². The number of ether oxygens (including phenoxy) is 1. The maximum Gasteiger partial charge on any atom is 0.409 e. The Morgan fingerprint density at radius 2 is 1.65 bits per heavy atom. The molecule has 228 valence electrons. The van der Waals surface area contributed by atoms with Crippen molar-refractivity contribution in [1.82, 2.24) is 5.43 Å². The summed E-state index contributed by atoms with van der Waals surface area (Å²) in [5.41, 5.74) is 3.59. The van der Waals surface area contributed by atoms with E-state index in [-0.39, 0.29) is 34.6 Å². The predicted octanol–water partition coefficient (Wildman–Crippen LogP) is 7.71. The number of hydrazone groups is 1. The SMILES string of the molecule is C=NN/C(=N\C)c1ccccc1-c1cc(C/C=C/C(F)(F)F)c(OCCC(F)(F)F)c(NC(=O)Nc2ccccc2F)c1. The minimum atomic E-state index is -4.65. The molecule has 3 N–H and O–H groups in total. The van der Waals surface area contributed by atoms with E-state index in [1.165, 1.54) is 37.4 Å². The van der Waals surface area contributed by atoms with E-state index in [4.69, 9.17) is 4.74 Å². The Morgan fingerprint density at radius 3 is 2.30 bits per heavy atom. The molecule has 3 aromatic carbocycles. The molecule has 0 fully saturated rings. The summed E-state index contributed by atoms with van der Waals surface area (Å²) in [5, 5.41) is 8.34. The maximum absolute atomic E-state index is 14.1. The highest BCUT2D eigenvalue weighted by Gasteiger charge is 2.28. The number of para-hydroxylation sites is 1. The zero-order valence-corrected chi connectivity index (χ0v) is 22.6. The molecule has 0 aromatic heterocycles. The monoisotopic (exact) mass is 609 g/mol. The van der Waals surface area contributed by atoms with Crippen molar-refractivity contribution in [3.63, 3.8) is 0 Å². The van der Waals surface area contributed by atoms with Crippen molar-refractivity contribution in [2.45, 2.75) is 25.2 Å². The summed E-state index contributed by atoms with van der Waals surface area (Å²) in [7, 11) is 1.48. The van der Waals surface area contributed by atoms with Crippen LogP contribution in [0.2, 0.25) is 0 Å². The molecule has 0 saturated carbocycles. The molecule has 14 heteroatoms. The van der Waals surface area contributed by atoms with Crippen LogP contribution in [-0.4, -0.2) is 44.6 Å². The number of hydrogen-bond acceptors (Lipinski definition) is 4. The first-order chi connectivity index (χ1) is 20.3. The Balaban J connectivity index is 2.18. The first-order valence-corrected chi connectivity index (χ1v) is 12.5. The van der Waals surface area contributed by atoms with Crippen molar-refractivity contribution < 1.29 is 40.3 Å². The number of rotatable bonds is 10. The summed E-state index contributed by atoms with van der Waals surface area (Å²) in [5.74, 6) is -0.771. The molecule has 3 rings (SSSR count). The summed E-state index contributed by atoms with van der Waals surface area (Å²) in [6, 6.07) is 13.7. The lowest BCUT2D eigenvalue weighted by Gasteiger charge is -2.20. The highest BCUT2D eigenvalue weighted by molar-refractivity contribution is 6.05. The lowest BCUT2D eigenvalue weighted by Crippen LogP contribution is -2.22. The average Bonchev–Trinajstić information content (AvgIpc) is 2.93. The second kappa shape index (κ2) is 14.3. The molecule has 43 heavy (non-hydrogen) atoms. The summed E-state index contributed by atoms with van der Waals surface area (Å²) in [6.45, 7) is 2.48. The number of carbonyl (C=O) groups is 1. The third kappa shape index (κ3) is 9.87. The van der Waals surface area contributed by atoms with Gasteiger partial charge in [-0.2, -0.15) is 31.4 Å². The number of nitrogens with one attached hydrogen (secondary N) is 3. The van der Waals surface area contributed by atoms with Crippen LogP contribution in [0.4, 0.5) is 46.9 Å². The summed E-state index contributed by atoms with van der Waals surface area (Å²) in [4.78, 5) is 17.0. The molecule has 2 amide bonds. The van der Waals surface area contributed by atoms with Gasteiger partial charge in [-0.15, -0.1) is 0 Å². The molecule has 0 spiro atoms. The first-order valence-electron chi connectivity index (χ1n) is 12.5. The minimum Gasteiger partial charge on any atom is -0.491 e. The average molecular weight is 610 g/mol. The third-order valence-electron chi connectivity index (χ3n) is 5.71. The summed E-state index contributed by atoms with van der Waals surface area (Å²) in [6.07, 6.45) is -10.3. The number of amides is 2. The second-order valence-corrected chi connectivity index (χ2v) is 8.82. The number of halogens is 7. The Labute approximate surface area is 242 Å². The van der Waals surface area contributed by atoms with Crippen LogP contribution in [-0.2, 0) is 6.42 Å². The molecule has 0 atom stereocenters. The fourth-order valence-electron chi connectivity index (χ4n) is 3.93. The van der Waals surface area contributed by atoms with Crippen LogP contribution in [0, 0.1) is 5.82 Å². The van der Waals surface area contributed by atoms with Crippen LogP contribution in [0.1, 0.15) is 17.5 Å². The summed E-state index contributed by atoms with van der Waals surface area (Å²) >= 11 is 0. The van der Waals surface area contributed by atoms with E-state index in [0.29, 0.717) is 16.7 Å². The lowest BCUT2D eigenvalue weighted by atomic mass is 9.95. The van der Waals surface area contributed by atoms with Gasteiger partial charge in [0.05, 0.1) is 24.4 Å². The van der Waals surface area contributed by atoms with Gasteiger partial charge in [0.15, 0.2) is 0 Å². The third-order valence-corrected chi connectivity index (χ3v) is 5.71. The van der Waals surface area contributed by atoms with Gasteiger partial charge in [-0.25, -0.2) is 9.18 Å². The van der Waals surface area contributed by atoms with E-state index >= 15 is 0 Å². The van der Waals surface area contributed by atoms with Gasteiger partial charge in [0.1, 0.15) is 17.4 Å². The fourth-order valence-corrected chi connectivity index (χ4v) is 3.93. The van der Waals surface area contributed by atoms with Crippen molar-refractivity contribution in [2.75, 3.05) is 24.3 Å². The van der Waals surface area contributed by atoms with Gasteiger partial charge in [0.25, 0.3) is 0 Å². The zero-order valence-electron chi connectivity index (χ0n) is 22.6. The smallest absolute Gasteiger partial charge is 0.409 e. The largest absolute Gasteiger partial charge is 0.491 e. The number of urea groups is 1. The van der Waals surface area contributed by atoms with Crippen LogP contribution >= 0.6 is 0 Å². The molecule has 0 heterocycles. The number of allylic oxidation sites excluding steroid dienone is 2. The number of benzene rings is 3. The van der Waals surface area contributed by atoms with E-state index in [9.17, 15) is 35.5 Å². The fraction of sp³-hybridized carbons (Fsp3) is 0.207. The standard InChI is InChI=1S/C29H26F7N5O2/c1-37-26(41-38-2)21-10-4-3-9-20(21)19-16-18(8-7-13-28(31,32)33)25(43-15-14-29(34,35)36)24(17-19)40-27(42)39-23-12-6-5-11-22(23)30/h3-7,9-13,16-17H,2,8,14-15H2,1H3,(H,37,41)(H2,39,40,42)/b13-7+. The molecule has 0 aliphatic heterocycles. The van der Waals surface area contributed by atoms with Gasteiger partial charge in [-0.05, 0) is 41.8 Å². The zero-order chi connectivity index (χ0) is 31.6. The molecule has 0 saturated heterocycles. The number of hydrogen-bond donors (Lipinski definition) is 3. The van der Waals surface area contributed by atoms with Gasteiger partial charge in [-0.1, -0.05) is 42.5 Å². The quantitative estimate of drug-likeness (QED) is 0.0724. The second-order valence-electron chi connectivity index (χ2n) is 8.82. The molecule has 0 radical (unpaired) electrons. The number of carbonyl (C=O) groups excluding carboxylic acids is 1. The molecular weight excluding hydrogens is 583 g/mol. The summed E-state index contributed by atoms with van der Waals surface area (Å²) < 4.78 is 97.1. The normalized spacial score (nSPS) is 12.2. The van der Waals surface area contributed by atoms with Crippen molar-refractivity contribution in [3.05, 3.63) is 89.8 Å². The molecule has 0 aliphatic carbocycles. The maximum atomic E-state index is 14.1. The van der Waals surface area contributed by atoms with Crippen LogP contribution < -0.4 is 20.8 Å². The first kappa shape index (κ1) is 32.6. The van der Waals surface area contributed by atoms with Crippen molar-refractivity contribution in [1.29, 1.82) is 0 Å². The highest BCUT2D eigenvalue weighted by atomic mass is 19.4. The Kier molecular flexibility index (Phi) is 10.9. The van der Waals surface area contributed by atoms with Gasteiger partial charge in [-0.3, -0.25) is 10.4 Å². The van der Waals surface area contributed by atoms with E-state index in [1.807, 2.05) is 0 Å². The molecule has 0 bridgehead atoms. The van der Waals surface area contributed by atoms with Crippen LogP contribution in [0.25, 0.3) is 11.1 Å². The van der Waals surface area contributed by atoms with E-state index in [2.05, 4.69) is 32.9 Å². The van der Waals surface area contributed by atoms with E-state index < -0.39 is 43.6 Å².